The van der Waals surface area contributed by atoms with Gasteiger partial charge in [0.05, 0.1) is 11.4 Å². The summed E-state index contributed by atoms with van der Waals surface area (Å²) in [4.78, 5) is 0. The second-order valence-corrected chi connectivity index (χ2v) is 7.94. The highest BCUT2D eigenvalue weighted by Gasteiger charge is 2.02. The van der Waals surface area contributed by atoms with Crippen molar-refractivity contribution in [3.63, 3.8) is 0 Å². The zero-order valence-corrected chi connectivity index (χ0v) is 11.7. The Labute approximate surface area is 100 Å². The Hall–Kier alpha value is -0.830. The van der Waals surface area contributed by atoms with E-state index in [1.165, 1.54) is 24.2 Å². The largest absolute Gasteiger partial charge is 0.386 e. The van der Waals surface area contributed by atoms with Gasteiger partial charge in [0, 0.05) is 13.6 Å². The Kier molecular flexibility index (Phi) is 5.00. The van der Waals surface area contributed by atoms with E-state index in [0.717, 1.165) is 6.54 Å². The average Bonchev–Trinajstić information content (AvgIpc) is 2.37. The van der Waals surface area contributed by atoms with Gasteiger partial charge in [0.1, 0.15) is 0 Å². The van der Waals surface area contributed by atoms with E-state index in [-0.39, 0.29) is 0 Å². The third kappa shape index (κ3) is 3.97. The van der Waals surface area contributed by atoms with Crippen LogP contribution in [0.5, 0.6) is 0 Å². The van der Waals surface area contributed by atoms with Crippen LogP contribution >= 0.6 is 9.21 Å². The lowest BCUT2D eigenvalue weighted by Gasteiger charge is -2.12. The Morgan fingerprint density at radius 3 is 2.62 bits per heavy atom. The lowest BCUT2D eigenvalue weighted by Crippen LogP contribution is -2.21. The summed E-state index contributed by atoms with van der Waals surface area (Å²) in [5, 5.41) is 11.4. The minimum absolute atomic E-state index is 0.741. The molecule has 16 heavy (non-hydrogen) atoms. The topological polar surface area (TPSA) is 24.1 Å². The van der Waals surface area contributed by atoms with E-state index in [1.807, 2.05) is 7.05 Å². The molecule has 0 unspecified atom stereocenters. The van der Waals surface area contributed by atoms with Gasteiger partial charge in [0.2, 0.25) is 0 Å². The molecular formula is C13H24N2S. The summed E-state index contributed by atoms with van der Waals surface area (Å²) in [6, 6.07) is 0. The minimum atomic E-state index is -0.741. The number of hydrogen-bond donors (Lipinski definition) is 2. The van der Waals surface area contributed by atoms with E-state index in [9.17, 15) is 0 Å². The zero-order valence-electron chi connectivity index (χ0n) is 10.8. The van der Waals surface area contributed by atoms with Crippen LogP contribution in [0.2, 0.25) is 0 Å². The van der Waals surface area contributed by atoms with Gasteiger partial charge in [-0.25, -0.2) is 9.21 Å². The lowest BCUT2D eigenvalue weighted by molar-refractivity contribution is 0.714. The van der Waals surface area contributed by atoms with Gasteiger partial charge in [-0.2, -0.15) is 0 Å². The molecule has 0 aromatic rings. The second-order valence-electron chi connectivity index (χ2n) is 4.46. The smallest absolute Gasteiger partial charge is 0.0625 e. The van der Waals surface area contributed by atoms with Crippen molar-refractivity contribution in [2.45, 2.75) is 19.8 Å². The maximum absolute atomic E-state index is 3.49. The molecule has 0 amide bonds. The predicted molar refractivity (Wildman–Crippen MR) is 79.7 cm³/mol. The molecule has 3 heteroatoms. The highest BCUT2D eigenvalue weighted by molar-refractivity contribution is 8.28. The summed E-state index contributed by atoms with van der Waals surface area (Å²) in [5.41, 5.74) is 2.44. The van der Waals surface area contributed by atoms with Gasteiger partial charge in [-0.05, 0) is 35.7 Å². The first-order valence-electron chi connectivity index (χ1n) is 5.84. The summed E-state index contributed by atoms with van der Waals surface area (Å²) in [6.07, 6.45) is 11.4. The van der Waals surface area contributed by atoms with Crippen LogP contribution in [0.1, 0.15) is 19.8 Å². The van der Waals surface area contributed by atoms with Gasteiger partial charge in [-0.3, -0.25) is 0 Å². The first-order chi connectivity index (χ1) is 7.59. The van der Waals surface area contributed by atoms with Crippen molar-refractivity contribution in [1.29, 1.82) is 0 Å². The number of nitrogens with one attached hydrogen (secondary N) is 2. The second kappa shape index (κ2) is 6.04. The molecule has 0 radical (unpaired) electrons. The first-order valence-corrected chi connectivity index (χ1v) is 8.42. The Bertz CT molecular complexity index is 400. The van der Waals surface area contributed by atoms with Crippen LogP contribution in [0.3, 0.4) is 0 Å². The lowest BCUT2D eigenvalue weighted by atomic mass is 10.3. The summed E-state index contributed by atoms with van der Waals surface area (Å²) < 4.78 is 0. The molecule has 2 nitrogen and oxygen atoms in total. The van der Waals surface area contributed by atoms with Crippen molar-refractivity contribution in [1.82, 2.24) is 10.6 Å². The summed E-state index contributed by atoms with van der Waals surface area (Å²) >= 11 is 0. The number of rotatable bonds is 5. The fraction of sp³-hybridized carbons (Fsp3) is 0.538. The van der Waals surface area contributed by atoms with Crippen LogP contribution in [0, 0.1) is 0 Å². The molecule has 1 heterocycles. The number of unbranched alkanes of at least 4 members (excludes halogenated alkanes) is 1. The summed E-state index contributed by atoms with van der Waals surface area (Å²) in [5.74, 6) is 0. The SMILES string of the molecule is CCCCNC1=C(NC)C=S(C)(C)=CC=C1. The molecule has 1 rings (SSSR count). The highest BCUT2D eigenvalue weighted by atomic mass is 32.2. The average molecular weight is 240 g/mol. The van der Waals surface area contributed by atoms with E-state index in [4.69, 9.17) is 0 Å². The van der Waals surface area contributed by atoms with Gasteiger partial charge >= 0.3 is 0 Å². The molecule has 1 aliphatic heterocycles. The van der Waals surface area contributed by atoms with Crippen molar-refractivity contribution >= 4 is 19.9 Å². The fourth-order valence-electron chi connectivity index (χ4n) is 1.58. The van der Waals surface area contributed by atoms with Crippen LogP contribution < -0.4 is 10.6 Å². The van der Waals surface area contributed by atoms with E-state index >= 15 is 0 Å². The van der Waals surface area contributed by atoms with Crippen molar-refractivity contribution in [3.05, 3.63) is 23.5 Å². The van der Waals surface area contributed by atoms with E-state index in [1.54, 1.807) is 0 Å². The van der Waals surface area contributed by atoms with E-state index in [2.05, 4.69) is 53.0 Å². The van der Waals surface area contributed by atoms with Crippen LogP contribution in [0.25, 0.3) is 0 Å². The molecule has 0 saturated carbocycles. The molecule has 0 spiro atoms. The third-order valence-electron chi connectivity index (χ3n) is 2.52. The number of allylic oxidation sites excluding steroid dienone is 3. The standard InChI is InChI=1S/C13H24N2S/c1-5-6-9-15-12-8-7-10-16(3,4)11-13(12)14-2/h7-8,10-11,14-15H,5-6,9H2,1-4H3. The Morgan fingerprint density at radius 1 is 1.25 bits per heavy atom. The molecule has 0 fully saturated rings. The van der Waals surface area contributed by atoms with Gasteiger partial charge in [0.25, 0.3) is 0 Å². The van der Waals surface area contributed by atoms with Gasteiger partial charge in [0.15, 0.2) is 0 Å². The third-order valence-corrected chi connectivity index (χ3v) is 4.22. The molecular weight excluding hydrogens is 216 g/mol. The van der Waals surface area contributed by atoms with Crippen molar-refractivity contribution in [2.24, 2.45) is 0 Å². The molecule has 0 atom stereocenters. The molecule has 1 aliphatic rings. The van der Waals surface area contributed by atoms with Gasteiger partial charge in [-0.1, -0.05) is 19.4 Å². The minimum Gasteiger partial charge on any atom is -0.386 e. The quantitative estimate of drug-likeness (QED) is 0.568. The maximum Gasteiger partial charge on any atom is 0.0625 e. The van der Waals surface area contributed by atoms with Crippen LogP contribution in [0.15, 0.2) is 23.5 Å². The summed E-state index contributed by atoms with van der Waals surface area (Å²) in [6.45, 7) is 3.26. The molecule has 0 bridgehead atoms. The Morgan fingerprint density at radius 2 is 2.00 bits per heavy atom. The van der Waals surface area contributed by atoms with Crippen molar-refractivity contribution in [2.75, 3.05) is 26.1 Å². The van der Waals surface area contributed by atoms with E-state index < -0.39 is 9.21 Å². The zero-order chi connectivity index (χ0) is 12.0. The first kappa shape index (κ1) is 13.2. The summed E-state index contributed by atoms with van der Waals surface area (Å²) in [7, 11) is 1.25. The molecule has 0 aromatic heterocycles. The predicted octanol–water partition coefficient (Wildman–Crippen LogP) is 2.05. The monoisotopic (exact) mass is 240 g/mol. The van der Waals surface area contributed by atoms with Crippen LogP contribution in [-0.2, 0) is 0 Å². The highest BCUT2D eigenvalue weighted by Crippen LogP contribution is 2.16. The number of hydrogen-bond acceptors (Lipinski definition) is 2. The van der Waals surface area contributed by atoms with Crippen LogP contribution in [0.4, 0.5) is 0 Å². The van der Waals surface area contributed by atoms with E-state index in [0.29, 0.717) is 0 Å². The molecule has 0 aromatic carbocycles. The molecule has 0 saturated heterocycles. The van der Waals surface area contributed by atoms with Gasteiger partial charge in [-0.15, -0.1) is 0 Å². The van der Waals surface area contributed by atoms with Crippen molar-refractivity contribution in [3.8, 4) is 0 Å². The molecule has 92 valence electrons. The van der Waals surface area contributed by atoms with Crippen molar-refractivity contribution < 1.29 is 0 Å². The van der Waals surface area contributed by atoms with Crippen LogP contribution in [-0.4, -0.2) is 36.8 Å². The normalized spacial score (nSPS) is 18.5. The maximum atomic E-state index is 3.49. The molecule has 2 N–H and O–H groups in total. The Balaban J connectivity index is 2.90. The molecule has 0 aliphatic carbocycles. The fourth-order valence-corrected chi connectivity index (χ4v) is 3.00. The van der Waals surface area contributed by atoms with Gasteiger partial charge < -0.3 is 10.6 Å².